The molecule has 3 heterocycles. The third-order valence-corrected chi connectivity index (χ3v) is 8.51. The number of hydrogen-bond donors (Lipinski definition) is 3. The van der Waals surface area contributed by atoms with Gasteiger partial charge in [0.05, 0.1) is 12.0 Å². The van der Waals surface area contributed by atoms with Crippen LogP contribution in [-0.4, -0.2) is 71.3 Å². The van der Waals surface area contributed by atoms with Crippen LogP contribution in [0.4, 0.5) is 22.0 Å². The van der Waals surface area contributed by atoms with E-state index in [0.29, 0.717) is 32.2 Å². The van der Waals surface area contributed by atoms with E-state index in [1.165, 1.54) is 0 Å². The third kappa shape index (κ3) is 6.27. The minimum absolute atomic E-state index is 0.0504. The van der Waals surface area contributed by atoms with Crippen molar-refractivity contribution in [2.45, 2.75) is 100 Å². The van der Waals surface area contributed by atoms with Gasteiger partial charge in [-0.3, -0.25) is 19.2 Å². The van der Waals surface area contributed by atoms with Gasteiger partial charge in [-0.2, -0.15) is 18.4 Å². The van der Waals surface area contributed by atoms with Crippen molar-refractivity contribution >= 4 is 23.6 Å². The number of alkyl halides is 5. The van der Waals surface area contributed by atoms with Crippen molar-refractivity contribution in [2.75, 3.05) is 6.54 Å². The lowest BCUT2D eigenvalue weighted by Crippen LogP contribution is -2.71. The SMILES string of the molecule is N#C[C@@H](C[C@@H]1CCCNC1=O)NC(=O)[C@H]1[C@H]2CC[C@H](CC2(F)F)N1C(=O)[C@H](CC1CCC1)NC(=O)C(F)(F)F. The third-order valence-electron chi connectivity index (χ3n) is 8.51. The quantitative estimate of drug-likeness (QED) is 0.391. The zero-order chi connectivity index (χ0) is 28.5. The zero-order valence-corrected chi connectivity index (χ0v) is 21.2. The smallest absolute Gasteiger partial charge is 0.356 e. The minimum Gasteiger partial charge on any atom is -0.356 e. The molecule has 9 nitrogen and oxygen atoms in total. The molecule has 0 spiro atoms. The van der Waals surface area contributed by atoms with E-state index in [9.17, 15) is 46.4 Å². The van der Waals surface area contributed by atoms with Gasteiger partial charge in [0.2, 0.25) is 17.7 Å². The van der Waals surface area contributed by atoms with Gasteiger partial charge in [-0.05, 0) is 44.4 Å². The largest absolute Gasteiger partial charge is 0.471 e. The lowest BCUT2D eigenvalue weighted by Gasteiger charge is -2.54. The van der Waals surface area contributed by atoms with Crippen LogP contribution in [0.2, 0.25) is 0 Å². The fourth-order valence-corrected chi connectivity index (χ4v) is 6.27. The molecule has 0 radical (unpaired) electrons. The maximum Gasteiger partial charge on any atom is 0.471 e. The highest BCUT2D eigenvalue weighted by Gasteiger charge is 2.61. The van der Waals surface area contributed by atoms with Crippen molar-refractivity contribution in [1.82, 2.24) is 20.9 Å². The van der Waals surface area contributed by atoms with Gasteiger partial charge in [-0.25, -0.2) is 8.78 Å². The summed E-state index contributed by atoms with van der Waals surface area (Å²) < 4.78 is 69.1. The van der Waals surface area contributed by atoms with Crippen LogP contribution in [0.1, 0.15) is 64.2 Å². The minimum atomic E-state index is -5.26. The van der Waals surface area contributed by atoms with E-state index in [1.54, 1.807) is 5.32 Å². The van der Waals surface area contributed by atoms with E-state index in [-0.39, 0.29) is 37.5 Å². The summed E-state index contributed by atoms with van der Waals surface area (Å²) in [6, 6.07) is -3.82. The van der Waals surface area contributed by atoms with Crippen LogP contribution in [0.15, 0.2) is 0 Å². The predicted octanol–water partition coefficient (Wildman–Crippen LogP) is 2.16. The summed E-state index contributed by atoms with van der Waals surface area (Å²) in [6.45, 7) is 0.489. The van der Waals surface area contributed by atoms with E-state index in [4.69, 9.17) is 0 Å². The molecule has 3 N–H and O–H groups in total. The number of carbonyl (C=O) groups excluding carboxylic acids is 4. The molecule has 3 saturated heterocycles. The first-order valence-electron chi connectivity index (χ1n) is 13.4. The molecule has 6 atom stereocenters. The molecule has 0 aromatic heterocycles. The maximum absolute atomic E-state index is 15.0. The van der Waals surface area contributed by atoms with Crippen LogP contribution in [0.25, 0.3) is 0 Å². The maximum atomic E-state index is 15.0. The van der Waals surface area contributed by atoms with Crippen molar-refractivity contribution in [2.24, 2.45) is 17.8 Å². The number of piperidine rings is 3. The van der Waals surface area contributed by atoms with Crippen LogP contribution in [0, 0.1) is 29.1 Å². The van der Waals surface area contributed by atoms with Crippen molar-refractivity contribution in [3.63, 3.8) is 0 Å². The molecule has 2 saturated carbocycles. The molecular weight excluding hydrogens is 529 g/mol. The first kappa shape index (κ1) is 29.0. The van der Waals surface area contributed by atoms with Crippen molar-refractivity contribution < 1.29 is 41.1 Å². The molecule has 2 bridgehead atoms. The number of carbonyl (C=O) groups is 4. The number of fused-ring (bicyclic) bond motifs is 3. The Morgan fingerprint density at radius 3 is 2.36 bits per heavy atom. The van der Waals surface area contributed by atoms with Crippen molar-refractivity contribution in [3.8, 4) is 6.07 Å². The highest BCUT2D eigenvalue weighted by molar-refractivity contribution is 5.94. The topological polar surface area (TPSA) is 131 Å². The molecule has 0 unspecified atom stereocenters. The fraction of sp³-hybridized carbons (Fsp3) is 0.800. The van der Waals surface area contributed by atoms with Crippen LogP contribution < -0.4 is 16.0 Å². The van der Waals surface area contributed by atoms with E-state index in [0.717, 1.165) is 11.3 Å². The van der Waals surface area contributed by atoms with Gasteiger partial charge < -0.3 is 20.9 Å². The fourth-order valence-electron chi connectivity index (χ4n) is 6.27. The molecule has 39 heavy (non-hydrogen) atoms. The van der Waals surface area contributed by atoms with E-state index in [2.05, 4.69) is 10.6 Å². The lowest BCUT2D eigenvalue weighted by molar-refractivity contribution is -0.196. The van der Waals surface area contributed by atoms with Gasteiger partial charge in [0.15, 0.2) is 0 Å². The summed E-state index contributed by atoms with van der Waals surface area (Å²) in [5.41, 5.74) is 0. The molecule has 4 amide bonds. The predicted molar refractivity (Wildman–Crippen MR) is 125 cm³/mol. The second kappa shape index (κ2) is 11.3. The number of halogens is 5. The van der Waals surface area contributed by atoms with Gasteiger partial charge in [0, 0.05) is 24.9 Å². The molecule has 5 aliphatic rings. The number of nitriles is 1. The molecule has 5 rings (SSSR count). The molecule has 2 aliphatic carbocycles. The lowest BCUT2D eigenvalue weighted by atomic mass is 9.71. The average Bonchev–Trinajstić information content (AvgIpc) is 2.84. The Morgan fingerprint density at radius 1 is 1.08 bits per heavy atom. The van der Waals surface area contributed by atoms with Gasteiger partial charge in [0.1, 0.15) is 18.1 Å². The Balaban J connectivity index is 1.57. The zero-order valence-electron chi connectivity index (χ0n) is 21.2. The van der Waals surface area contributed by atoms with Crippen LogP contribution >= 0.6 is 0 Å². The van der Waals surface area contributed by atoms with Gasteiger partial charge in [0.25, 0.3) is 5.92 Å². The molecule has 5 fully saturated rings. The molecule has 216 valence electrons. The first-order valence-corrected chi connectivity index (χ1v) is 13.4. The Hall–Kier alpha value is -2.98. The molecular formula is C25H32F5N5O4. The van der Waals surface area contributed by atoms with Crippen LogP contribution in [-0.2, 0) is 19.2 Å². The first-order chi connectivity index (χ1) is 18.3. The second-order valence-corrected chi connectivity index (χ2v) is 11.1. The Bertz CT molecular complexity index is 1030. The van der Waals surface area contributed by atoms with E-state index >= 15 is 0 Å². The highest BCUT2D eigenvalue weighted by atomic mass is 19.4. The van der Waals surface area contributed by atoms with Crippen LogP contribution in [0.3, 0.4) is 0 Å². The number of nitrogens with zero attached hydrogens (tertiary/aromatic N) is 2. The number of hydrogen-bond acceptors (Lipinski definition) is 5. The van der Waals surface area contributed by atoms with Crippen molar-refractivity contribution in [1.29, 1.82) is 5.26 Å². The summed E-state index contributed by atoms with van der Waals surface area (Å²) in [5.74, 6) is -10.2. The molecule has 0 aromatic carbocycles. The number of nitrogens with one attached hydrogen (secondary N) is 3. The van der Waals surface area contributed by atoms with Crippen LogP contribution in [0.5, 0.6) is 0 Å². The number of rotatable bonds is 8. The highest BCUT2D eigenvalue weighted by Crippen LogP contribution is 2.49. The summed E-state index contributed by atoms with van der Waals surface area (Å²) in [5, 5.41) is 16.4. The summed E-state index contributed by atoms with van der Waals surface area (Å²) in [7, 11) is 0. The monoisotopic (exact) mass is 561 g/mol. The van der Waals surface area contributed by atoms with Gasteiger partial charge >= 0.3 is 12.1 Å². The molecule has 3 aliphatic heterocycles. The Kier molecular flexibility index (Phi) is 8.37. The standard InChI is InChI=1S/C25H32F5N5O4/c26-24(27)11-16-6-7-17(24)19(21(37)33-15(12-31)10-14-5-2-8-32-20(14)36)35(16)22(38)18(9-13-3-1-4-13)34-23(39)25(28,29)30/h13-19H,1-11H2,(H,32,36)(H,33,37)(H,34,39)/t14-,15+,16+,17+,18-,19+/m0/s1. The normalized spacial score (nSPS) is 29.8. The van der Waals surface area contributed by atoms with Crippen molar-refractivity contribution in [3.05, 3.63) is 0 Å². The van der Waals surface area contributed by atoms with Gasteiger partial charge in [-0.1, -0.05) is 19.3 Å². The van der Waals surface area contributed by atoms with E-state index < -0.39 is 72.2 Å². The summed E-state index contributed by atoms with van der Waals surface area (Å²) >= 11 is 0. The van der Waals surface area contributed by atoms with Gasteiger partial charge in [-0.15, -0.1) is 0 Å². The summed E-state index contributed by atoms with van der Waals surface area (Å²) in [6.07, 6.45) is -2.84. The Labute approximate surface area is 222 Å². The second-order valence-electron chi connectivity index (χ2n) is 11.1. The molecule has 14 heteroatoms. The number of amides is 4. The van der Waals surface area contributed by atoms with E-state index in [1.807, 2.05) is 6.07 Å². The average molecular weight is 562 g/mol. The Morgan fingerprint density at radius 2 is 1.79 bits per heavy atom. The molecule has 0 aromatic rings. The summed E-state index contributed by atoms with van der Waals surface area (Å²) in [4.78, 5) is 51.9.